The normalized spacial score (nSPS) is 12.7. The highest BCUT2D eigenvalue weighted by molar-refractivity contribution is 7.92. The van der Waals surface area contributed by atoms with E-state index < -0.39 is 28.5 Å². The van der Waals surface area contributed by atoms with Gasteiger partial charge in [-0.3, -0.25) is 13.9 Å². The van der Waals surface area contributed by atoms with Gasteiger partial charge in [0.1, 0.15) is 12.6 Å². The molecule has 4 aromatic carbocycles. The molecule has 2 atom stereocenters. The number of carbonyl (C=O) groups is 2. The van der Waals surface area contributed by atoms with E-state index in [-0.39, 0.29) is 29.8 Å². The Morgan fingerprint density at radius 2 is 1.39 bits per heavy atom. The second kappa shape index (κ2) is 15.6. The Balaban J connectivity index is 1.86. The van der Waals surface area contributed by atoms with E-state index in [9.17, 15) is 18.0 Å². The van der Waals surface area contributed by atoms with Crippen LogP contribution in [0.4, 0.5) is 5.69 Å². The van der Waals surface area contributed by atoms with Gasteiger partial charge in [0, 0.05) is 34.6 Å². The first kappa shape index (κ1) is 35.0. The molecule has 46 heavy (non-hydrogen) atoms. The first-order valence-corrected chi connectivity index (χ1v) is 17.3. The second-order valence-electron chi connectivity index (χ2n) is 11.4. The van der Waals surface area contributed by atoms with Gasteiger partial charge in [0.15, 0.2) is 0 Å². The number of halogens is 2. The predicted molar refractivity (Wildman–Crippen MR) is 186 cm³/mol. The van der Waals surface area contributed by atoms with Gasteiger partial charge < -0.3 is 10.2 Å². The summed E-state index contributed by atoms with van der Waals surface area (Å²) in [6.45, 7) is 6.90. The predicted octanol–water partition coefficient (Wildman–Crippen LogP) is 7.36. The van der Waals surface area contributed by atoms with Crippen LogP contribution in [0.1, 0.15) is 42.5 Å². The van der Waals surface area contributed by atoms with Crippen LogP contribution >= 0.6 is 23.2 Å². The Bertz CT molecular complexity index is 1730. The third-order valence-corrected chi connectivity index (χ3v) is 10.3. The minimum atomic E-state index is -4.20. The third kappa shape index (κ3) is 8.69. The van der Waals surface area contributed by atoms with Crippen molar-refractivity contribution in [2.75, 3.05) is 10.8 Å². The molecule has 1 N–H and O–H groups in total. The number of hydrogen-bond acceptors (Lipinski definition) is 4. The molecule has 0 saturated heterocycles. The van der Waals surface area contributed by atoms with E-state index in [1.54, 1.807) is 48.5 Å². The monoisotopic (exact) mass is 679 g/mol. The topological polar surface area (TPSA) is 86.8 Å². The van der Waals surface area contributed by atoms with Gasteiger partial charge in [-0.1, -0.05) is 90.8 Å². The molecule has 0 aliphatic rings. The number of anilines is 1. The minimum Gasteiger partial charge on any atom is -0.352 e. The summed E-state index contributed by atoms with van der Waals surface area (Å²) < 4.78 is 29.5. The summed E-state index contributed by atoms with van der Waals surface area (Å²) in [7, 11) is -4.20. The van der Waals surface area contributed by atoms with Gasteiger partial charge in [0.05, 0.1) is 10.6 Å². The highest BCUT2D eigenvalue weighted by Crippen LogP contribution is 2.30. The Labute approximate surface area is 282 Å². The second-order valence-corrected chi connectivity index (χ2v) is 14.1. The van der Waals surface area contributed by atoms with Crippen molar-refractivity contribution >= 4 is 50.7 Å². The number of nitrogens with one attached hydrogen (secondary N) is 1. The summed E-state index contributed by atoms with van der Waals surface area (Å²) >= 11 is 13.2. The molecule has 4 aromatic rings. The van der Waals surface area contributed by atoms with Crippen LogP contribution in [0.2, 0.25) is 10.0 Å². The lowest BCUT2D eigenvalue weighted by Gasteiger charge is -2.34. The number of amides is 2. The average molecular weight is 681 g/mol. The number of sulfonamides is 1. The van der Waals surface area contributed by atoms with Crippen LogP contribution in [-0.4, -0.2) is 43.8 Å². The molecule has 242 valence electrons. The fraction of sp³-hybridized carbons (Fsp3) is 0.278. The van der Waals surface area contributed by atoms with Gasteiger partial charge in [-0.15, -0.1) is 0 Å². The summed E-state index contributed by atoms with van der Waals surface area (Å²) in [5.41, 5.74) is 3.31. The molecule has 7 nitrogen and oxygen atoms in total. The number of aryl methyl sites for hydroxylation is 2. The van der Waals surface area contributed by atoms with Crippen molar-refractivity contribution in [2.45, 2.75) is 64.1 Å². The average Bonchev–Trinajstić information content (AvgIpc) is 3.02. The molecule has 4 rings (SSSR count). The number of benzene rings is 4. The third-order valence-electron chi connectivity index (χ3n) is 7.77. The smallest absolute Gasteiger partial charge is 0.264 e. The minimum absolute atomic E-state index is 0.0398. The van der Waals surface area contributed by atoms with Crippen LogP contribution in [-0.2, 0) is 32.6 Å². The number of hydrogen-bond donors (Lipinski definition) is 1. The van der Waals surface area contributed by atoms with E-state index in [2.05, 4.69) is 5.32 Å². The number of carbonyl (C=O) groups excluding carboxylic acids is 2. The van der Waals surface area contributed by atoms with Gasteiger partial charge in [0.25, 0.3) is 10.0 Å². The Morgan fingerprint density at radius 3 is 1.96 bits per heavy atom. The molecular formula is C36H39Cl2N3O4S. The van der Waals surface area contributed by atoms with Gasteiger partial charge in [-0.2, -0.15) is 0 Å². The van der Waals surface area contributed by atoms with Gasteiger partial charge >= 0.3 is 0 Å². The van der Waals surface area contributed by atoms with E-state index in [0.29, 0.717) is 27.7 Å². The van der Waals surface area contributed by atoms with Crippen LogP contribution in [0, 0.1) is 13.8 Å². The van der Waals surface area contributed by atoms with Crippen LogP contribution in [0.15, 0.2) is 102 Å². The van der Waals surface area contributed by atoms with Gasteiger partial charge in [-0.25, -0.2) is 8.42 Å². The van der Waals surface area contributed by atoms with Crippen molar-refractivity contribution in [2.24, 2.45) is 0 Å². The lowest BCUT2D eigenvalue weighted by Crippen LogP contribution is -2.54. The van der Waals surface area contributed by atoms with Crippen LogP contribution in [0.25, 0.3) is 0 Å². The molecule has 0 heterocycles. The molecule has 0 bridgehead atoms. The SMILES string of the molecule is CC[C@H](C)NC(=O)[C@@H](Cc1ccccc1)N(Cc1c(Cl)cccc1Cl)C(=O)CN(c1cc(C)cc(C)c1)S(=O)(=O)c1ccccc1. The first-order chi connectivity index (χ1) is 21.9. The quantitative estimate of drug-likeness (QED) is 0.160. The van der Waals surface area contributed by atoms with Crippen molar-refractivity contribution in [3.8, 4) is 0 Å². The molecule has 0 aromatic heterocycles. The molecule has 0 saturated carbocycles. The standard InChI is InChI=1S/C36H39Cl2N3O4S/c1-5-27(4)39-36(43)34(22-28-13-8-6-9-14-28)40(23-31-32(37)17-12-18-33(31)38)35(42)24-41(29-20-25(2)19-26(3)21-29)46(44,45)30-15-10-7-11-16-30/h6-21,27,34H,5,22-24H2,1-4H3,(H,39,43)/t27-,34+/m0/s1. The molecule has 10 heteroatoms. The lowest BCUT2D eigenvalue weighted by atomic mass is 10.0. The fourth-order valence-corrected chi connectivity index (χ4v) is 7.13. The molecular weight excluding hydrogens is 641 g/mol. The maximum atomic E-state index is 14.6. The summed E-state index contributed by atoms with van der Waals surface area (Å²) in [4.78, 5) is 30.1. The molecule has 0 fully saturated rings. The van der Waals surface area contributed by atoms with Crippen LogP contribution in [0.3, 0.4) is 0 Å². The van der Waals surface area contributed by atoms with Gasteiger partial charge in [-0.05, 0) is 80.3 Å². The van der Waals surface area contributed by atoms with Crippen molar-refractivity contribution in [3.63, 3.8) is 0 Å². The Morgan fingerprint density at radius 1 is 0.826 bits per heavy atom. The molecule has 0 radical (unpaired) electrons. The first-order valence-electron chi connectivity index (χ1n) is 15.1. The van der Waals surface area contributed by atoms with Crippen molar-refractivity contribution in [1.29, 1.82) is 0 Å². The van der Waals surface area contributed by atoms with Crippen LogP contribution < -0.4 is 9.62 Å². The summed E-state index contributed by atoms with van der Waals surface area (Å²) in [6, 6.07) is 26.6. The van der Waals surface area contributed by atoms with Crippen molar-refractivity contribution in [3.05, 3.63) is 129 Å². The molecule has 0 aliphatic heterocycles. The highest BCUT2D eigenvalue weighted by Gasteiger charge is 2.35. The molecule has 2 amide bonds. The summed E-state index contributed by atoms with van der Waals surface area (Å²) in [6.07, 6.45) is 0.871. The van der Waals surface area contributed by atoms with E-state index in [0.717, 1.165) is 21.0 Å². The van der Waals surface area contributed by atoms with E-state index in [4.69, 9.17) is 23.2 Å². The van der Waals surface area contributed by atoms with E-state index in [1.807, 2.05) is 64.1 Å². The molecule has 0 spiro atoms. The Kier molecular flexibility index (Phi) is 11.9. The van der Waals surface area contributed by atoms with Gasteiger partial charge in [0.2, 0.25) is 11.8 Å². The Hall–Kier alpha value is -3.85. The zero-order valence-corrected chi connectivity index (χ0v) is 28.7. The largest absolute Gasteiger partial charge is 0.352 e. The van der Waals surface area contributed by atoms with Crippen molar-refractivity contribution in [1.82, 2.24) is 10.2 Å². The maximum absolute atomic E-state index is 14.6. The van der Waals surface area contributed by atoms with Crippen molar-refractivity contribution < 1.29 is 18.0 Å². The van der Waals surface area contributed by atoms with E-state index in [1.165, 1.54) is 17.0 Å². The van der Waals surface area contributed by atoms with E-state index >= 15 is 0 Å². The maximum Gasteiger partial charge on any atom is 0.264 e. The number of rotatable bonds is 13. The van der Waals surface area contributed by atoms with Crippen LogP contribution in [0.5, 0.6) is 0 Å². The lowest BCUT2D eigenvalue weighted by molar-refractivity contribution is -0.140. The zero-order valence-electron chi connectivity index (χ0n) is 26.4. The fourth-order valence-electron chi connectivity index (χ4n) is 5.19. The number of nitrogens with zero attached hydrogens (tertiary/aromatic N) is 2. The zero-order chi connectivity index (χ0) is 33.4. The summed E-state index contributed by atoms with van der Waals surface area (Å²) in [5, 5.41) is 3.68. The molecule has 0 unspecified atom stereocenters. The summed E-state index contributed by atoms with van der Waals surface area (Å²) in [5.74, 6) is -0.950. The highest BCUT2D eigenvalue weighted by atomic mass is 35.5. The molecule has 0 aliphatic carbocycles.